The van der Waals surface area contributed by atoms with Gasteiger partial charge in [-0.05, 0) is 52.9 Å². The Morgan fingerprint density at radius 1 is 1.32 bits per heavy atom. The predicted octanol–water partition coefficient (Wildman–Crippen LogP) is 4.80. The molecule has 1 aromatic carbocycles. The molecule has 104 valence electrons. The summed E-state index contributed by atoms with van der Waals surface area (Å²) in [6, 6.07) is 5.56. The molecule has 1 aliphatic rings. The van der Waals surface area contributed by atoms with Crippen LogP contribution in [0.4, 0.5) is 0 Å². The third-order valence-electron chi connectivity index (χ3n) is 3.85. The average molecular weight is 345 g/mol. The molecule has 1 amide bonds. The second-order valence-electron chi connectivity index (χ2n) is 5.32. The van der Waals surface area contributed by atoms with Gasteiger partial charge < -0.3 is 5.32 Å². The van der Waals surface area contributed by atoms with Crippen LogP contribution in [0.5, 0.6) is 0 Å². The highest BCUT2D eigenvalue weighted by atomic mass is 79.9. The van der Waals surface area contributed by atoms with Gasteiger partial charge in [0.1, 0.15) is 0 Å². The van der Waals surface area contributed by atoms with Crippen LogP contribution in [0.25, 0.3) is 0 Å². The Labute approximate surface area is 128 Å². The van der Waals surface area contributed by atoms with E-state index < -0.39 is 0 Å². The number of rotatable bonds is 2. The molecule has 1 fully saturated rings. The SMILES string of the molecule is CC1CCCCCC1NC(=O)c1ccc(Cl)cc1Br. The summed E-state index contributed by atoms with van der Waals surface area (Å²) in [4.78, 5) is 12.3. The van der Waals surface area contributed by atoms with Gasteiger partial charge in [0.15, 0.2) is 0 Å². The van der Waals surface area contributed by atoms with Gasteiger partial charge in [0.05, 0.1) is 5.56 Å². The van der Waals surface area contributed by atoms with Crippen molar-refractivity contribution in [1.82, 2.24) is 5.32 Å². The standard InChI is InChI=1S/C15H19BrClNO/c1-10-5-3-2-4-6-14(10)18-15(19)12-8-7-11(17)9-13(12)16/h7-10,14H,2-6H2,1H3,(H,18,19). The number of nitrogens with one attached hydrogen (secondary N) is 1. The summed E-state index contributed by atoms with van der Waals surface area (Å²) >= 11 is 9.29. The molecule has 0 aromatic heterocycles. The van der Waals surface area contributed by atoms with Crippen molar-refractivity contribution in [3.63, 3.8) is 0 Å². The highest BCUT2D eigenvalue weighted by Crippen LogP contribution is 2.25. The fourth-order valence-electron chi connectivity index (χ4n) is 2.63. The van der Waals surface area contributed by atoms with Crippen LogP contribution < -0.4 is 5.32 Å². The predicted molar refractivity (Wildman–Crippen MR) is 82.7 cm³/mol. The van der Waals surface area contributed by atoms with Gasteiger partial charge in [0.25, 0.3) is 5.91 Å². The molecular weight excluding hydrogens is 326 g/mol. The van der Waals surface area contributed by atoms with Crippen LogP contribution in [0.2, 0.25) is 5.02 Å². The van der Waals surface area contributed by atoms with Crippen LogP contribution in [0.1, 0.15) is 49.4 Å². The third kappa shape index (κ3) is 3.96. The number of carbonyl (C=O) groups is 1. The minimum absolute atomic E-state index is 0.0118. The molecule has 4 heteroatoms. The Kier molecular flexibility index (Phi) is 5.28. The molecule has 0 saturated heterocycles. The largest absolute Gasteiger partial charge is 0.349 e. The van der Waals surface area contributed by atoms with E-state index in [4.69, 9.17) is 11.6 Å². The highest BCUT2D eigenvalue weighted by Gasteiger charge is 2.22. The van der Waals surface area contributed by atoms with Crippen LogP contribution in [0.15, 0.2) is 22.7 Å². The number of amides is 1. The number of hydrogen-bond acceptors (Lipinski definition) is 1. The normalized spacial score (nSPS) is 23.7. The second-order valence-corrected chi connectivity index (χ2v) is 6.61. The maximum absolute atomic E-state index is 12.3. The van der Waals surface area contributed by atoms with E-state index in [9.17, 15) is 4.79 Å². The fourth-order valence-corrected chi connectivity index (χ4v) is 3.49. The lowest BCUT2D eigenvalue weighted by Gasteiger charge is -2.23. The lowest BCUT2D eigenvalue weighted by Crippen LogP contribution is -2.39. The molecule has 0 aliphatic heterocycles. The Balaban J connectivity index is 2.07. The summed E-state index contributed by atoms with van der Waals surface area (Å²) in [7, 11) is 0. The first-order chi connectivity index (χ1) is 9.08. The summed E-state index contributed by atoms with van der Waals surface area (Å²) in [6.45, 7) is 2.23. The quantitative estimate of drug-likeness (QED) is 0.767. The number of hydrogen-bond donors (Lipinski definition) is 1. The molecule has 2 atom stereocenters. The minimum atomic E-state index is -0.0118. The first kappa shape index (κ1) is 14.9. The molecule has 0 radical (unpaired) electrons. The zero-order valence-corrected chi connectivity index (χ0v) is 13.4. The van der Waals surface area contributed by atoms with E-state index in [1.54, 1.807) is 18.2 Å². The van der Waals surface area contributed by atoms with Gasteiger partial charge in [-0.3, -0.25) is 4.79 Å². The van der Waals surface area contributed by atoms with E-state index in [1.165, 1.54) is 25.7 Å². The Bertz CT molecular complexity index is 463. The van der Waals surface area contributed by atoms with Crippen molar-refractivity contribution < 1.29 is 4.79 Å². The zero-order chi connectivity index (χ0) is 13.8. The van der Waals surface area contributed by atoms with Gasteiger partial charge in [-0.15, -0.1) is 0 Å². The maximum atomic E-state index is 12.3. The number of carbonyl (C=O) groups excluding carboxylic acids is 1. The molecule has 2 unspecified atom stereocenters. The van der Waals surface area contributed by atoms with E-state index in [-0.39, 0.29) is 11.9 Å². The Morgan fingerprint density at radius 3 is 2.79 bits per heavy atom. The second kappa shape index (κ2) is 6.76. The molecule has 2 nitrogen and oxygen atoms in total. The molecule has 1 saturated carbocycles. The van der Waals surface area contributed by atoms with Crippen molar-refractivity contribution in [2.24, 2.45) is 5.92 Å². The summed E-state index contributed by atoms with van der Waals surface area (Å²) in [5.74, 6) is 0.541. The van der Waals surface area contributed by atoms with E-state index in [0.29, 0.717) is 16.5 Å². The first-order valence-electron chi connectivity index (χ1n) is 6.84. The van der Waals surface area contributed by atoms with Gasteiger partial charge in [0.2, 0.25) is 0 Å². The smallest absolute Gasteiger partial charge is 0.252 e. The van der Waals surface area contributed by atoms with E-state index in [1.807, 2.05) is 0 Å². The Morgan fingerprint density at radius 2 is 2.05 bits per heavy atom. The third-order valence-corrected chi connectivity index (χ3v) is 4.74. The van der Waals surface area contributed by atoms with Gasteiger partial charge in [-0.1, -0.05) is 37.8 Å². The summed E-state index contributed by atoms with van der Waals surface area (Å²) < 4.78 is 0.749. The summed E-state index contributed by atoms with van der Waals surface area (Å²) in [5.41, 5.74) is 0.654. The summed E-state index contributed by atoms with van der Waals surface area (Å²) in [6.07, 6.45) is 6.04. The lowest BCUT2D eigenvalue weighted by atomic mass is 9.96. The van der Waals surface area contributed by atoms with Crippen molar-refractivity contribution in [3.05, 3.63) is 33.3 Å². The van der Waals surface area contributed by atoms with E-state index in [2.05, 4.69) is 28.2 Å². The van der Waals surface area contributed by atoms with Crippen molar-refractivity contribution in [2.45, 2.75) is 45.1 Å². The van der Waals surface area contributed by atoms with Crippen LogP contribution in [-0.4, -0.2) is 11.9 Å². The minimum Gasteiger partial charge on any atom is -0.349 e. The summed E-state index contributed by atoms with van der Waals surface area (Å²) in [5, 5.41) is 3.80. The maximum Gasteiger partial charge on any atom is 0.252 e. The number of benzene rings is 1. The van der Waals surface area contributed by atoms with Gasteiger partial charge in [0, 0.05) is 15.5 Å². The lowest BCUT2D eigenvalue weighted by molar-refractivity contribution is 0.0921. The highest BCUT2D eigenvalue weighted by molar-refractivity contribution is 9.10. The average Bonchev–Trinajstić information content (AvgIpc) is 2.55. The van der Waals surface area contributed by atoms with Crippen molar-refractivity contribution >= 4 is 33.4 Å². The van der Waals surface area contributed by atoms with Crippen LogP contribution in [-0.2, 0) is 0 Å². The van der Waals surface area contributed by atoms with E-state index in [0.717, 1.165) is 10.9 Å². The molecule has 1 N–H and O–H groups in total. The molecule has 1 aromatic rings. The van der Waals surface area contributed by atoms with Gasteiger partial charge >= 0.3 is 0 Å². The molecule has 1 aliphatic carbocycles. The molecule has 0 heterocycles. The fraction of sp³-hybridized carbons (Fsp3) is 0.533. The molecule has 0 bridgehead atoms. The van der Waals surface area contributed by atoms with Crippen LogP contribution >= 0.6 is 27.5 Å². The van der Waals surface area contributed by atoms with Crippen molar-refractivity contribution in [2.75, 3.05) is 0 Å². The van der Waals surface area contributed by atoms with Crippen molar-refractivity contribution in [1.29, 1.82) is 0 Å². The van der Waals surface area contributed by atoms with Gasteiger partial charge in [-0.2, -0.15) is 0 Å². The molecular formula is C15H19BrClNO. The molecule has 2 rings (SSSR count). The van der Waals surface area contributed by atoms with E-state index >= 15 is 0 Å². The van der Waals surface area contributed by atoms with Gasteiger partial charge in [-0.25, -0.2) is 0 Å². The van der Waals surface area contributed by atoms with Crippen LogP contribution in [0.3, 0.4) is 0 Å². The topological polar surface area (TPSA) is 29.1 Å². The molecule has 0 spiro atoms. The first-order valence-corrected chi connectivity index (χ1v) is 8.01. The zero-order valence-electron chi connectivity index (χ0n) is 11.1. The van der Waals surface area contributed by atoms with Crippen molar-refractivity contribution in [3.8, 4) is 0 Å². The Hall–Kier alpha value is -0.540. The molecule has 19 heavy (non-hydrogen) atoms. The monoisotopic (exact) mass is 343 g/mol. The number of halogens is 2. The van der Waals surface area contributed by atoms with Crippen LogP contribution in [0, 0.1) is 5.92 Å².